The normalized spacial score (nSPS) is 15.8. The molecular weight excluding hydrogens is 342 g/mol. The lowest BCUT2D eigenvalue weighted by Crippen LogP contribution is -2.32. The first-order chi connectivity index (χ1) is 13.2. The highest BCUT2D eigenvalue weighted by molar-refractivity contribution is 5.55. The Balaban J connectivity index is 1.54. The van der Waals surface area contributed by atoms with Crippen molar-refractivity contribution in [2.24, 2.45) is 0 Å². The van der Waals surface area contributed by atoms with E-state index in [4.69, 9.17) is 0 Å². The van der Waals surface area contributed by atoms with Crippen molar-refractivity contribution in [3.8, 4) is 5.69 Å². The van der Waals surface area contributed by atoms with Crippen LogP contribution >= 0.6 is 0 Å². The highest BCUT2D eigenvalue weighted by Gasteiger charge is 2.30. The number of H-pyrrole nitrogens is 1. The van der Waals surface area contributed by atoms with Crippen LogP contribution in [-0.2, 0) is 6.54 Å². The van der Waals surface area contributed by atoms with E-state index in [1.165, 1.54) is 0 Å². The molecule has 0 spiro atoms. The van der Waals surface area contributed by atoms with Crippen LogP contribution in [0.1, 0.15) is 37.1 Å². The zero-order valence-electron chi connectivity index (χ0n) is 15.4. The first kappa shape index (κ1) is 17.3. The fourth-order valence-electron chi connectivity index (χ4n) is 3.40. The minimum absolute atomic E-state index is 0.0704. The highest BCUT2D eigenvalue weighted by Crippen LogP contribution is 2.30. The number of fused-ring (bicyclic) bond motifs is 1. The average Bonchev–Trinajstić information content (AvgIpc) is 3.30. The molecule has 1 aliphatic heterocycles. The summed E-state index contributed by atoms with van der Waals surface area (Å²) >= 11 is 0. The van der Waals surface area contributed by atoms with Crippen LogP contribution in [0.2, 0.25) is 0 Å². The van der Waals surface area contributed by atoms with Gasteiger partial charge in [0.2, 0.25) is 5.95 Å². The van der Waals surface area contributed by atoms with Crippen LogP contribution in [0.3, 0.4) is 0 Å². The van der Waals surface area contributed by atoms with Gasteiger partial charge in [0, 0.05) is 26.0 Å². The SMILES string of the molecule is CCCC1NN(C)c2c1nc(NCc1cccc(-n3cccn3)c1)[nH]c2=O. The van der Waals surface area contributed by atoms with Crippen molar-refractivity contribution in [3.63, 3.8) is 0 Å². The maximum atomic E-state index is 12.5. The molecule has 3 heterocycles. The molecule has 1 aromatic carbocycles. The van der Waals surface area contributed by atoms with Crippen molar-refractivity contribution in [3.05, 3.63) is 64.3 Å². The lowest BCUT2D eigenvalue weighted by molar-refractivity contribution is 0.518. The smallest absolute Gasteiger partial charge is 0.277 e. The van der Waals surface area contributed by atoms with Crippen LogP contribution in [-0.4, -0.2) is 26.8 Å². The molecule has 8 nitrogen and oxygen atoms in total. The van der Waals surface area contributed by atoms with Crippen molar-refractivity contribution < 1.29 is 0 Å². The second kappa shape index (κ2) is 7.24. The lowest BCUT2D eigenvalue weighted by Gasteiger charge is -2.12. The molecule has 1 atom stereocenters. The number of hydrogen-bond donors (Lipinski definition) is 3. The van der Waals surface area contributed by atoms with Crippen LogP contribution in [0, 0.1) is 0 Å². The number of aromatic amines is 1. The molecule has 4 rings (SSSR count). The predicted molar refractivity (Wildman–Crippen MR) is 105 cm³/mol. The second-order valence-electron chi connectivity index (χ2n) is 6.65. The Morgan fingerprint density at radius 3 is 2.96 bits per heavy atom. The Morgan fingerprint density at radius 2 is 2.19 bits per heavy atom. The maximum Gasteiger partial charge on any atom is 0.277 e. The molecule has 0 bridgehead atoms. The van der Waals surface area contributed by atoms with Crippen LogP contribution in [0.4, 0.5) is 11.6 Å². The van der Waals surface area contributed by atoms with Gasteiger partial charge in [-0.1, -0.05) is 25.5 Å². The Hall–Kier alpha value is -3.13. The van der Waals surface area contributed by atoms with Gasteiger partial charge < -0.3 is 10.3 Å². The summed E-state index contributed by atoms with van der Waals surface area (Å²) in [6.45, 7) is 2.68. The summed E-state index contributed by atoms with van der Waals surface area (Å²) < 4.78 is 1.82. The Labute approximate surface area is 157 Å². The molecular formula is C19H23N7O. The van der Waals surface area contributed by atoms with Gasteiger partial charge in [-0.2, -0.15) is 5.10 Å². The Kier molecular flexibility index (Phi) is 4.64. The van der Waals surface area contributed by atoms with Gasteiger partial charge >= 0.3 is 0 Å². The largest absolute Gasteiger partial charge is 0.352 e. The van der Waals surface area contributed by atoms with E-state index >= 15 is 0 Å². The molecule has 2 aromatic heterocycles. The number of hydrogen-bond acceptors (Lipinski definition) is 6. The molecule has 8 heteroatoms. The third-order valence-electron chi connectivity index (χ3n) is 4.65. The summed E-state index contributed by atoms with van der Waals surface area (Å²) in [6, 6.07) is 10.0. The molecule has 0 saturated carbocycles. The van der Waals surface area contributed by atoms with E-state index in [-0.39, 0.29) is 11.6 Å². The standard InChI is InChI=1S/C19H23N7O/c1-3-6-15-16-17(25(2)24-15)18(27)23-19(22-16)20-12-13-7-4-8-14(11-13)26-10-5-9-21-26/h4-5,7-11,15,24H,3,6,12H2,1-2H3,(H2,20,22,23,27). The summed E-state index contributed by atoms with van der Waals surface area (Å²) in [7, 11) is 1.85. The van der Waals surface area contributed by atoms with E-state index in [2.05, 4.69) is 38.8 Å². The van der Waals surface area contributed by atoms with Gasteiger partial charge in [0.05, 0.1) is 17.4 Å². The number of benzene rings is 1. The van der Waals surface area contributed by atoms with Crippen molar-refractivity contribution in [1.29, 1.82) is 0 Å². The number of nitrogens with one attached hydrogen (secondary N) is 3. The van der Waals surface area contributed by atoms with E-state index < -0.39 is 0 Å². The molecule has 0 fully saturated rings. The lowest BCUT2D eigenvalue weighted by atomic mass is 10.1. The van der Waals surface area contributed by atoms with Crippen molar-refractivity contribution in [1.82, 2.24) is 25.2 Å². The molecule has 3 N–H and O–H groups in total. The van der Waals surface area contributed by atoms with Gasteiger partial charge in [0.15, 0.2) is 0 Å². The molecule has 3 aromatic rings. The zero-order chi connectivity index (χ0) is 18.8. The Morgan fingerprint density at radius 1 is 1.30 bits per heavy atom. The molecule has 0 radical (unpaired) electrons. The summed E-state index contributed by atoms with van der Waals surface area (Å²) in [4.78, 5) is 20.0. The van der Waals surface area contributed by atoms with Crippen LogP contribution in [0.25, 0.3) is 5.69 Å². The van der Waals surface area contributed by atoms with Crippen molar-refractivity contribution in [2.75, 3.05) is 17.4 Å². The van der Waals surface area contributed by atoms with Crippen molar-refractivity contribution >= 4 is 11.6 Å². The van der Waals surface area contributed by atoms with Crippen LogP contribution in [0.5, 0.6) is 0 Å². The van der Waals surface area contributed by atoms with E-state index in [0.717, 1.165) is 29.8 Å². The van der Waals surface area contributed by atoms with E-state index in [1.54, 1.807) is 11.2 Å². The summed E-state index contributed by atoms with van der Waals surface area (Å²) in [5, 5.41) is 9.26. The summed E-state index contributed by atoms with van der Waals surface area (Å²) in [5.41, 5.74) is 6.62. The molecule has 0 saturated heterocycles. The van der Waals surface area contributed by atoms with E-state index in [1.807, 2.05) is 42.2 Å². The number of nitrogens with zero attached hydrogens (tertiary/aromatic N) is 4. The topological polar surface area (TPSA) is 90.9 Å². The fraction of sp³-hybridized carbons (Fsp3) is 0.316. The van der Waals surface area contributed by atoms with Crippen LogP contribution < -0.4 is 21.3 Å². The van der Waals surface area contributed by atoms with Gasteiger partial charge in [-0.25, -0.2) is 15.1 Å². The van der Waals surface area contributed by atoms with Crippen molar-refractivity contribution in [2.45, 2.75) is 32.4 Å². The fourth-order valence-corrected chi connectivity index (χ4v) is 3.40. The van der Waals surface area contributed by atoms with E-state index in [0.29, 0.717) is 18.2 Å². The zero-order valence-corrected chi connectivity index (χ0v) is 15.4. The molecule has 0 amide bonds. The minimum atomic E-state index is -0.138. The molecule has 0 aliphatic carbocycles. The molecule has 27 heavy (non-hydrogen) atoms. The highest BCUT2D eigenvalue weighted by atomic mass is 16.1. The third-order valence-corrected chi connectivity index (χ3v) is 4.65. The number of rotatable bonds is 6. The van der Waals surface area contributed by atoms with Gasteiger partial charge in [0.1, 0.15) is 5.69 Å². The molecule has 1 aliphatic rings. The van der Waals surface area contributed by atoms with Gasteiger partial charge in [-0.3, -0.25) is 9.78 Å². The quantitative estimate of drug-likeness (QED) is 0.621. The summed E-state index contributed by atoms with van der Waals surface area (Å²) in [6.07, 6.45) is 5.60. The first-order valence-electron chi connectivity index (χ1n) is 9.12. The average molecular weight is 365 g/mol. The number of anilines is 2. The predicted octanol–water partition coefficient (Wildman–Crippen LogP) is 2.36. The summed E-state index contributed by atoms with van der Waals surface area (Å²) in [5.74, 6) is 0.487. The van der Waals surface area contributed by atoms with Gasteiger partial charge in [0.25, 0.3) is 5.56 Å². The number of aromatic nitrogens is 4. The second-order valence-corrected chi connectivity index (χ2v) is 6.65. The van der Waals surface area contributed by atoms with Gasteiger partial charge in [-0.05, 0) is 30.2 Å². The third kappa shape index (κ3) is 3.43. The Bertz CT molecular complexity index is 980. The van der Waals surface area contributed by atoms with E-state index in [9.17, 15) is 4.79 Å². The maximum absolute atomic E-state index is 12.5. The first-order valence-corrected chi connectivity index (χ1v) is 9.12. The minimum Gasteiger partial charge on any atom is -0.352 e. The molecule has 1 unspecified atom stereocenters. The van der Waals surface area contributed by atoms with Crippen LogP contribution in [0.15, 0.2) is 47.5 Å². The molecule has 140 valence electrons. The number of hydrazine groups is 1. The van der Waals surface area contributed by atoms with Gasteiger partial charge in [-0.15, -0.1) is 0 Å². The monoisotopic (exact) mass is 365 g/mol.